The van der Waals surface area contributed by atoms with Gasteiger partial charge in [-0.05, 0) is 58.1 Å². The van der Waals surface area contributed by atoms with Crippen LogP contribution in [0.1, 0.15) is 55.8 Å². The first-order valence-electron chi connectivity index (χ1n) is 8.03. The lowest BCUT2D eigenvalue weighted by molar-refractivity contribution is 0.125. The summed E-state index contributed by atoms with van der Waals surface area (Å²) < 4.78 is 0. The van der Waals surface area contributed by atoms with Gasteiger partial charge in [0.15, 0.2) is 0 Å². The van der Waals surface area contributed by atoms with Gasteiger partial charge in [-0.3, -0.25) is 0 Å². The highest BCUT2D eigenvalue weighted by molar-refractivity contribution is 5.30. The van der Waals surface area contributed by atoms with E-state index in [0.717, 1.165) is 18.9 Å². The third kappa shape index (κ3) is 4.07. The summed E-state index contributed by atoms with van der Waals surface area (Å²) in [5, 5.41) is 0. The van der Waals surface area contributed by atoms with Gasteiger partial charge in [0.1, 0.15) is 0 Å². The second-order valence-electron chi connectivity index (χ2n) is 6.83. The van der Waals surface area contributed by atoms with Gasteiger partial charge in [0.05, 0.1) is 0 Å². The predicted molar refractivity (Wildman–Crippen MR) is 86.9 cm³/mol. The number of hydrogen-bond donors (Lipinski definition) is 1. The Morgan fingerprint density at radius 1 is 1.20 bits per heavy atom. The minimum Gasteiger partial charge on any atom is -0.324 e. The molecular weight excluding hydrogens is 244 g/mol. The number of rotatable bonds is 4. The Labute approximate surface area is 124 Å². The first-order chi connectivity index (χ1) is 9.45. The molecule has 0 aliphatic carbocycles. The van der Waals surface area contributed by atoms with E-state index in [2.05, 4.69) is 50.8 Å². The SMILES string of the molecule is Cc1cc(C)cc(C(N)CCN2CCC(C)CC2C)c1. The van der Waals surface area contributed by atoms with Crippen molar-refractivity contribution in [3.8, 4) is 0 Å². The second-order valence-corrected chi connectivity index (χ2v) is 6.83. The van der Waals surface area contributed by atoms with Gasteiger partial charge in [-0.25, -0.2) is 0 Å². The molecule has 0 radical (unpaired) electrons. The molecule has 1 aromatic carbocycles. The van der Waals surface area contributed by atoms with Crippen LogP contribution in [0.25, 0.3) is 0 Å². The second kappa shape index (κ2) is 6.73. The van der Waals surface area contributed by atoms with Crippen molar-refractivity contribution in [1.82, 2.24) is 4.90 Å². The lowest BCUT2D eigenvalue weighted by atomic mass is 9.92. The summed E-state index contributed by atoms with van der Waals surface area (Å²) in [6.45, 7) is 11.4. The van der Waals surface area contributed by atoms with E-state index >= 15 is 0 Å². The topological polar surface area (TPSA) is 29.3 Å². The van der Waals surface area contributed by atoms with Crippen LogP contribution in [0.3, 0.4) is 0 Å². The average molecular weight is 274 g/mol. The highest BCUT2D eigenvalue weighted by Gasteiger charge is 2.22. The molecule has 1 saturated heterocycles. The van der Waals surface area contributed by atoms with Crippen LogP contribution in [-0.4, -0.2) is 24.0 Å². The Kier molecular flexibility index (Phi) is 5.22. The Morgan fingerprint density at radius 3 is 2.45 bits per heavy atom. The molecule has 1 aliphatic heterocycles. The number of likely N-dealkylation sites (tertiary alicyclic amines) is 1. The summed E-state index contributed by atoms with van der Waals surface area (Å²) in [6.07, 6.45) is 3.73. The molecule has 3 atom stereocenters. The predicted octanol–water partition coefficient (Wildman–Crippen LogP) is 3.81. The summed E-state index contributed by atoms with van der Waals surface area (Å²) in [5.41, 5.74) is 10.3. The Bertz CT molecular complexity index is 421. The van der Waals surface area contributed by atoms with Crippen molar-refractivity contribution in [2.45, 2.75) is 59.0 Å². The molecule has 1 fully saturated rings. The van der Waals surface area contributed by atoms with Crippen molar-refractivity contribution in [2.75, 3.05) is 13.1 Å². The molecule has 0 saturated carbocycles. The summed E-state index contributed by atoms with van der Waals surface area (Å²) >= 11 is 0. The number of piperidine rings is 1. The maximum atomic E-state index is 6.40. The van der Waals surface area contributed by atoms with Crippen LogP contribution >= 0.6 is 0 Å². The van der Waals surface area contributed by atoms with E-state index in [4.69, 9.17) is 5.73 Å². The van der Waals surface area contributed by atoms with E-state index in [9.17, 15) is 0 Å². The first-order valence-corrected chi connectivity index (χ1v) is 8.03. The molecule has 20 heavy (non-hydrogen) atoms. The molecule has 2 heteroatoms. The van der Waals surface area contributed by atoms with Crippen molar-refractivity contribution < 1.29 is 0 Å². The van der Waals surface area contributed by atoms with Gasteiger partial charge in [0.2, 0.25) is 0 Å². The molecular formula is C18H30N2. The molecule has 112 valence electrons. The minimum atomic E-state index is 0.167. The lowest BCUT2D eigenvalue weighted by Gasteiger charge is -2.37. The summed E-state index contributed by atoms with van der Waals surface area (Å²) in [5.74, 6) is 0.884. The van der Waals surface area contributed by atoms with Gasteiger partial charge in [-0.1, -0.05) is 36.2 Å². The Balaban J connectivity index is 1.90. The highest BCUT2D eigenvalue weighted by atomic mass is 15.2. The Hall–Kier alpha value is -0.860. The Morgan fingerprint density at radius 2 is 1.85 bits per heavy atom. The molecule has 1 aliphatic rings. The molecule has 2 N–H and O–H groups in total. The highest BCUT2D eigenvalue weighted by Crippen LogP contribution is 2.24. The summed E-state index contributed by atoms with van der Waals surface area (Å²) in [7, 11) is 0. The fourth-order valence-corrected chi connectivity index (χ4v) is 3.48. The van der Waals surface area contributed by atoms with Gasteiger partial charge >= 0.3 is 0 Å². The molecule has 1 heterocycles. The van der Waals surface area contributed by atoms with Crippen molar-refractivity contribution in [3.63, 3.8) is 0 Å². The van der Waals surface area contributed by atoms with Crippen LogP contribution in [0.2, 0.25) is 0 Å². The molecule has 0 aromatic heterocycles. The molecule has 1 aromatic rings. The molecule has 3 unspecified atom stereocenters. The third-order valence-electron chi connectivity index (χ3n) is 4.68. The molecule has 2 rings (SSSR count). The summed E-state index contributed by atoms with van der Waals surface area (Å²) in [4.78, 5) is 2.61. The molecule has 0 spiro atoms. The standard InChI is InChI=1S/C18H30N2/c1-13-5-7-20(16(4)10-13)8-6-18(19)17-11-14(2)9-15(3)12-17/h9,11-13,16,18H,5-8,10,19H2,1-4H3. The maximum absolute atomic E-state index is 6.40. The van der Waals surface area contributed by atoms with E-state index in [1.807, 2.05) is 0 Å². The largest absolute Gasteiger partial charge is 0.324 e. The van der Waals surface area contributed by atoms with Crippen molar-refractivity contribution in [1.29, 1.82) is 0 Å². The monoisotopic (exact) mass is 274 g/mol. The number of nitrogens with two attached hydrogens (primary N) is 1. The number of nitrogens with zero attached hydrogens (tertiary/aromatic N) is 1. The molecule has 0 bridgehead atoms. The van der Waals surface area contributed by atoms with Crippen molar-refractivity contribution in [2.24, 2.45) is 11.7 Å². The summed E-state index contributed by atoms with van der Waals surface area (Å²) in [6, 6.07) is 7.56. The molecule has 0 amide bonds. The quantitative estimate of drug-likeness (QED) is 0.904. The number of hydrogen-bond acceptors (Lipinski definition) is 2. The maximum Gasteiger partial charge on any atom is 0.0307 e. The van der Waals surface area contributed by atoms with Gasteiger partial charge in [0.25, 0.3) is 0 Å². The van der Waals surface area contributed by atoms with Gasteiger partial charge < -0.3 is 10.6 Å². The fraction of sp³-hybridized carbons (Fsp3) is 0.667. The van der Waals surface area contributed by atoms with E-state index in [1.54, 1.807) is 0 Å². The van der Waals surface area contributed by atoms with Gasteiger partial charge in [0, 0.05) is 18.6 Å². The fourth-order valence-electron chi connectivity index (χ4n) is 3.48. The van der Waals surface area contributed by atoms with Crippen LogP contribution in [0.15, 0.2) is 18.2 Å². The number of benzene rings is 1. The van der Waals surface area contributed by atoms with Crippen LogP contribution in [0, 0.1) is 19.8 Å². The smallest absolute Gasteiger partial charge is 0.0307 e. The minimum absolute atomic E-state index is 0.167. The molecule has 2 nitrogen and oxygen atoms in total. The van der Waals surface area contributed by atoms with Crippen LogP contribution in [-0.2, 0) is 0 Å². The normalized spacial score (nSPS) is 25.6. The van der Waals surface area contributed by atoms with Crippen LogP contribution < -0.4 is 5.73 Å². The zero-order valence-corrected chi connectivity index (χ0v) is 13.5. The zero-order chi connectivity index (χ0) is 14.7. The van der Waals surface area contributed by atoms with Crippen molar-refractivity contribution in [3.05, 3.63) is 34.9 Å². The lowest BCUT2D eigenvalue weighted by Crippen LogP contribution is -2.41. The van der Waals surface area contributed by atoms with Crippen molar-refractivity contribution >= 4 is 0 Å². The zero-order valence-electron chi connectivity index (χ0n) is 13.5. The van der Waals surface area contributed by atoms with E-state index in [1.165, 1.54) is 36.1 Å². The van der Waals surface area contributed by atoms with Gasteiger partial charge in [-0.2, -0.15) is 0 Å². The number of aryl methyl sites for hydroxylation is 2. The van der Waals surface area contributed by atoms with E-state index in [-0.39, 0.29) is 6.04 Å². The van der Waals surface area contributed by atoms with Crippen LogP contribution in [0.4, 0.5) is 0 Å². The average Bonchev–Trinajstić information content (AvgIpc) is 2.36. The van der Waals surface area contributed by atoms with E-state index in [0.29, 0.717) is 6.04 Å². The van der Waals surface area contributed by atoms with E-state index < -0.39 is 0 Å². The van der Waals surface area contributed by atoms with Crippen LogP contribution in [0.5, 0.6) is 0 Å². The van der Waals surface area contributed by atoms with Gasteiger partial charge in [-0.15, -0.1) is 0 Å². The third-order valence-corrected chi connectivity index (χ3v) is 4.68. The first kappa shape index (κ1) is 15.5.